The fourth-order valence-electron chi connectivity index (χ4n) is 1.14. The molecule has 1 aromatic heterocycles. The van der Waals surface area contributed by atoms with Crippen LogP contribution >= 0.6 is 0 Å². The van der Waals surface area contributed by atoms with Gasteiger partial charge in [0.1, 0.15) is 5.52 Å². The van der Waals surface area contributed by atoms with Gasteiger partial charge in [0.05, 0.1) is 12.7 Å². The molecule has 0 unspecified atom stereocenters. The van der Waals surface area contributed by atoms with E-state index in [1.807, 2.05) is 0 Å². The number of carbonyl (C=O) groups excluding carboxylic acids is 1. The topological polar surface area (TPSA) is 52.3 Å². The number of carbonyl (C=O) groups is 1. The van der Waals surface area contributed by atoms with Gasteiger partial charge in [0.25, 0.3) is 0 Å². The third kappa shape index (κ3) is 1.32. The number of hydrogen-bond donors (Lipinski definition) is 0. The zero-order valence-corrected chi connectivity index (χ0v) is 7.28. The minimum atomic E-state index is -0.915. The predicted molar refractivity (Wildman–Crippen MR) is 45.3 cm³/mol. The molecule has 5 heteroatoms. The molecule has 0 aliphatic heterocycles. The van der Waals surface area contributed by atoms with Gasteiger partial charge in [-0.3, -0.25) is 0 Å². The SMILES string of the molecule is COC(=O)c1ccc2nc(F)oc2c1. The maximum absolute atomic E-state index is 12.5. The van der Waals surface area contributed by atoms with Crippen LogP contribution < -0.4 is 0 Å². The quantitative estimate of drug-likeness (QED) is 0.650. The molecule has 0 saturated heterocycles. The molecule has 0 aliphatic carbocycles. The van der Waals surface area contributed by atoms with Crippen LogP contribution in [0.5, 0.6) is 0 Å². The van der Waals surface area contributed by atoms with E-state index in [2.05, 4.69) is 14.1 Å². The highest BCUT2D eigenvalue weighted by atomic mass is 19.1. The van der Waals surface area contributed by atoms with Gasteiger partial charge in [0, 0.05) is 0 Å². The Hall–Kier alpha value is -1.91. The first-order valence-corrected chi connectivity index (χ1v) is 3.85. The van der Waals surface area contributed by atoms with E-state index in [0.717, 1.165) is 0 Å². The number of fused-ring (bicyclic) bond motifs is 1. The number of methoxy groups -OCH3 is 1. The number of nitrogens with zero attached hydrogens (tertiary/aromatic N) is 1. The standard InChI is InChI=1S/C9H6FNO3/c1-13-8(12)5-2-3-6-7(4-5)14-9(10)11-6/h2-4H,1H3. The molecule has 14 heavy (non-hydrogen) atoms. The van der Waals surface area contributed by atoms with Crippen LogP contribution in [0.4, 0.5) is 4.39 Å². The van der Waals surface area contributed by atoms with Gasteiger partial charge in [-0.2, -0.15) is 4.98 Å². The smallest absolute Gasteiger partial charge is 0.382 e. The second-order valence-electron chi connectivity index (χ2n) is 2.64. The highest BCUT2D eigenvalue weighted by Crippen LogP contribution is 2.16. The van der Waals surface area contributed by atoms with Gasteiger partial charge < -0.3 is 9.15 Å². The molecule has 0 fully saturated rings. The van der Waals surface area contributed by atoms with Crippen molar-refractivity contribution in [3.63, 3.8) is 0 Å². The Kier molecular flexibility index (Phi) is 1.92. The number of aromatic nitrogens is 1. The summed E-state index contributed by atoms with van der Waals surface area (Å²) < 4.78 is 21.7. The van der Waals surface area contributed by atoms with Gasteiger partial charge in [-0.1, -0.05) is 0 Å². The predicted octanol–water partition coefficient (Wildman–Crippen LogP) is 1.75. The first-order chi connectivity index (χ1) is 6.70. The molecular formula is C9H6FNO3. The molecule has 2 aromatic rings. The van der Waals surface area contributed by atoms with Crippen LogP contribution in [-0.4, -0.2) is 18.1 Å². The van der Waals surface area contributed by atoms with Crippen molar-refractivity contribution < 1.29 is 18.3 Å². The molecule has 0 atom stereocenters. The molecule has 1 aromatic carbocycles. The second-order valence-corrected chi connectivity index (χ2v) is 2.64. The van der Waals surface area contributed by atoms with E-state index >= 15 is 0 Å². The normalized spacial score (nSPS) is 10.4. The molecule has 0 spiro atoms. The Balaban J connectivity index is 2.55. The van der Waals surface area contributed by atoms with Crippen LogP contribution in [0.1, 0.15) is 10.4 Å². The number of rotatable bonds is 1. The van der Waals surface area contributed by atoms with E-state index in [0.29, 0.717) is 11.1 Å². The zero-order chi connectivity index (χ0) is 10.1. The van der Waals surface area contributed by atoms with E-state index in [4.69, 9.17) is 0 Å². The molecule has 4 nitrogen and oxygen atoms in total. The number of oxazole rings is 1. The van der Waals surface area contributed by atoms with E-state index in [1.54, 1.807) is 0 Å². The van der Waals surface area contributed by atoms with Crippen molar-refractivity contribution in [2.45, 2.75) is 0 Å². The Morgan fingerprint density at radius 1 is 1.57 bits per heavy atom. The van der Waals surface area contributed by atoms with Crippen LogP contribution in [0.3, 0.4) is 0 Å². The Morgan fingerprint density at radius 3 is 3.07 bits per heavy atom. The summed E-state index contributed by atoms with van der Waals surface area (Å²) in [5, 5.41) is 0. The lowest BCUT2D eigenvalue weighted by atomic mass is 10.2. The van der Waals surface area contributed by atoms with Crippen LogP contribution in [-0.2, 0) is 4.74 Å². The summed E-state index contributed by atoms with van der Waals surface area (Å²) in [5.41, 5.74) is 0.900. The van der Waals surface area contributed by atoms with Crippen molar-refractivity contribution in [3.8, 4) is 0 Å². The van der Waals surface area contributed by atoms with Crippen LogP contribution in [0.25, 0.3) is 11.1 Å². The third-order valence-electron chi connectivity index (χ3n) is 1.78. The summed E-state index contributed by atoms with van der Waals surface area (Å²) in [6.07, 6.45) is -0.915. The summed E-state index contributed by atoms with van der Waals surface area (Å²) in [6, 6.07) is 4.38. The van der Waals surface area contributed by atoms with Gasteiger partial charge >= 0.3 is 12.1 Å². The highest BCUT2D eigenvalue weighted by Gasteiger charge is 2.09. The van der Waals surface area contributed by atoms with Crippen LogP contribution in [0, 0.1) is 6.14 Å². The highest BCUT2D eigenvalue weighted by molar-refractivity contribution is 5.92. The number of ether oxygens (including phenoxy) is 1. The van der Waals surface area contributed by atoms with Crippen LogP contribution in [0.2, 0.25) is 0 Å². The molecule has 0 amide bonds. The number of hydrogen-bond acceptors (Lipinski definition) is 4. The average molecular weight is 195 g/mol. The lowest BCUT2D eigenvalue weighted by Gasteiger charge is -1.96. The van der Waals surface area contributed by atoms with Crippen molar-refractivity contribution in [1.82, 2.24) is 4.98 Å². The third-order valence-corrected chi connectivity index (χ3v) is 1.78. The summed E-state index contributed by atoms with van der Waals surface area (Å²) in [5.74, 6) is -0.497. The molecule has 0 aliphatic rings. The average Bonchev–Trinajstić information content (AvgIpc) is 2.55. The van der Waals surface area contributed by atoms with Crippen molar-refractivity contribution in [2.75, 3.05) is 7.11 Å². The van der Waals surface area contributed by atoms with Crippen molar-refractivity contribution >= 4 is 17.1 Å². The van der Waals surface area contributed by atoms with Crippen molar-refractivity contribution in [1.29, 1.82) is 0 Å². The Labute approximate surface area is 78.3 Å². The lowest BCUT2D eigenvalue weighted by Crippen LogP contribution is -2.00. The van der Waals surface area contributed by atoms with Gasteiger partial charge in [0.2, 0.25) is 0 Å². The summed E-state index contributed by atoms with van der Waals surface area (Å²) in [4.78, 5) is 14.5. The Bertz CT molecular complexity index is 492. The number of esters is 1. The molecule has 0 bridgehead atoms. The van der Waals surface area contributed by atoms with Crippen molar-refractivity contribution in [2.24, 2.45) is 0 Å². The molecule has 72 valence electrons. The van der Waals surface area contributed by atoms with Crippen molar-refractivity contribution in [3.05, 3.63) is 29.9 Å². The molecular weight excluding hydrogens is 189 g/mol. The monoisotopic (exact) mass is 195 g/mol. The number of benzene rings is 1. The summed E-state index contributed by atoms with van der Waals surface area (Å²) >= 11 is 0. The Morgan fingerprint density at radius 2 is 2.36 bits per heavy atom. The molecule has 0 N–H and O–H groups in total. The molecule has 1 heterocycles. The number of halogens is 1. The largest absolute Gasteiger partial charge is 0.465 e. The second kappa shape index (κ2) is 3.10. The van der Waals surface area contributed by atoms with Gasteiger partial charge in [-0.25, -0.2) is 4.79 Å². The molecule has 0 radical (unpaired) electrons. The van der Waals surface area contributed by atoms with Gasteiger partial charge in [-0.05, 0) is 18.2 Å². The minimum Gasteiger partial charge on any atom is -0.465 e. The van der Waals surface area contributed by atoms with Gasteiger partial charge in [-0.15, -0.1) is 4.39 Å². The fraction of sp³-hybridized carbons (Fsp3) is 0.111. The first kappa shape index (κ1) is 8.68. The summed E-state index contributed by atoms with van der Waals surface area (Å²) in [6.45, 7) is 0. The summed E-state index contributed by atoms with van der Waals surface area (Å²) in [7, 11) is 1.27. The van der Waals surface area contributed by atoms with E-state index in [-0.39, 0.29) is 5.58 Å². The minimum absolute atomic E-state index is 0.227. The first-order valence-electron chi connectivity index (χ1n) is 3.85. The van der Waals surface area contributed by atoms with Crippen LogP contribution in [0.15, 0.2) is 22.6 Å². The maximum Gasteiger partial charge on any atom is 0.382 e. The lowest BCUT2D eigenvalue weighted by molar-refractivity contribution is 0.0600. The fourth-order valence-corrected chi connectivity index (χ4v) is 1.14. The van der Waals surface area contributed by atoms with E-state index < -0.39 is 12.1 Å². The van der Waals surface area contributed by atoms with E-state index in [9.17, 15) is 9.18 Å². The molecule has 2 rings (SSSR count). The van der Waals surface area contributed by atoms with E-state index in [1.165, 1.54) is 25.3 Å². The zero-order valence-electron chi connectivity index (χ0n) is 7.28. The van der Waals surface area contributed by atoms with Gasteiger partial charge in [0.15, 0.2) is 5.58 Å². The maximum atomic E-state index is 12.5. The molecule has 0 saturated carbocycles.